The highest BCUT2D eigenvalue weighted by Crippen LogP contribution is 2.25. The molecule has 0 bridgehead atoms. The monoisotopic (exact) mass is 225 g/mol. The zero-order chi connectivity index (χ0) is 12.3. The lowest BCUT2D eigenvalue weighted by molar-refractivity contribution is -0.116. The van der Waals surface area contributed by atoms with Gasteiger partial charge in [0.25, 0.3) is 0 Å². The number of amides is 1. The lowest BCUT2D eigenvalue weighted by atomic mass is 10.3. The number of aromatic nitrogens is 2. The van der Waals surface area contributed by atoms with Crippen LogP contribution in [-0.2, 0) is 11.3 Å². The van der Waals surface area contributed by atoms with Crippen molar-refractivity contribution in [1.82, 2.24) is 9.78 Å². The molecule has 0 saturated carbocycles. The first-order valence-electron chi connectivity index (χ1n) is 5.29. The number of nitrogens with two attached hydrogens (primary N) is 2. The van der Waals surface area contributed by atoms with Gasteiger partial charge in [-0.3, -0.25) is 4.79 Å². The number of carbonyl (C=O) groups is 1. The highest BCUT2D eigenvalue weighted by molar-refractivity contribution is 5.80. The van der Waals surface area contributed by atoms with E-state index in [9.17, 15) is 4.79 Å². The maximum atomic E-state index is 10.9. The van der Waals surface area contributed by atoms with Crippen molar-refractivity contribution in [2.24, 2.45) is 5.73 Å². The summed E-state index contributed by atoms with van der Waals surface area (Å²) in [5.74, 6) is 0.377. The Morgan fingerprint density at radius 2 is 2.19 bits per heavy atom. The van der Waals surface area contributed by atoms with E-state index in [2.05, 4.69) is 12.0 Å². The van der Waals surface area contributed by atoms with Gasteiger partial charge < -0.3 is 16.4 Å². The van der Waals surface area contributed by atoms with Gasteiger partial charge in [0.05, 0.1) is 17.9 Å². The van der Waals surface area contributed by atoms with Crippen LogP contribution in [0.25, 0.3) is 0 Å². The fourth-order valence-corrected chi connectivity index (χ4v) is 1.66. The van der Waals surface area contributed by atoms with Gasteiger partial charge in [0.15, 0.2) is 5.82 Å². The smallest absolute Gasteiger partial charge is 0.236 e. The van der Waals surface area contributed by atoms with E-state index in [1.165, 1.54) is 0 Å². The first-order valence-corrected chi connectivity index (χ1v) is 5.29. The van der Waals surface area contributed by atoms with Crippen LogP contribution < -0.4 is 16.4 Å². The molecule has 1 aromatic rings. The van der Waals surface area contributed by atoms with E-state index in [0.29, 0.717) is 5.69 Å². The van der Waals surface area contributed by atoms with E-state index in [1.54, 1.807) is 11.9 Å². The fourth-order valence-electron chi connectivity index (χ4n) is 1.66. The van der Waals surface area contributed by atoms with E-state index in [0.717, 1.165) is 24.5 Å². The summed E-state index contributed by atoms with van der Waals surface area (Å²) in [5.41, 5.74) is 12.5. The molecule has 0 aromatic carbocycles. The highest BCUT2D eigenvalue weighted by Gasteiger charge is 2.16. The molecule has 1 aromatic heterocycles. The van der Waals surface area contributed by atoms with Gasteiger partial charge in [0, 0.05) is 13.6 Å². The minimum absolute atomic E-state index is 0.138. The predicted octanol–water partition coefficient (Wildman–Crippen LogP) is 0.105. The predicted molar refractivity (Wildman–Crippen MR) is 64.1 cm³/mol. The number of primary amides is 1. The van der Waals surface area contributed by atoms with Crippen molar-refractivity contribution in [3.05, 3.63) is 5.69 Å². The molecule has 16 heavy (non-hydrogen) atoms. The van der Waals surface area contributed by atoms with Gasteiger partial charge in [-0.15, -0.1) is 0 Å². The number of aryl methyl sites for hydroxylation is 2. The number of carbonyl (C=O) groups excluding carboxylic acids is 1. The minimum Gasteiger partial charge on any atom is -0.394 e. The number of hydrogen-bond acceptors (Lipinski definition) is 4. The van der Waals surface area contributed by atoms with Crippen molar-refractivity contribution in [2.45, 2.75) is 26.8 Å². The zero-order valence-electron chi connectivity index (χ0n) is 10.0. The summed E-state index contributed by atoms with van der Waals surface area (Å²) in [7, 11) is 1.78. The number of nitrogen functional groups attached to an aromatic ring is 1. The Bertz CT molecular complexity index is 385. The van der Waals surface area contributed by atoms with Gasteiger partial charge >= 0.3 is 0 Å². The van der Waals surface area contributed by atoms with Gasteiger partial charge in [-0.05, 0) is 13.3 Å². The van der Waals surface area contributed by atoms with Gasteiger partial charge in [-0.25, -0.2) is 4.68 Å². The summed E-state index contributed by atoms with van der Waals surface area (Å²) in [6.07, 6.45) is 0.956. The van der Waals surface area contributed by atoms with E-state index in [1.807, 2.05) is 11.6 Å². The van der Waals surface area contributed by atoms with E-state index >= 15 is 0 Å². The maximum Gasteiger partial charge on any atom is 0.236 e. The first kappa shape index (κ1) is 12.4. The molecule has 90 valence electrons. The molecule has 0 fully saturated rings. The fraction of sp³-hybridized carbons (Fsp3) is 0.600. The Kier molecular flexibility index (Phi) is 3.76. The van der Waals surface area contributed by atoms with E-state index < -0.39 is 0 Å². The molecule has 6 nitrogen and oxygen atoms in total. The molecule has 0 spiro atoms. The normalized spacial score (nSPS) is 10.4. The maximum absolute atomic E-state index is 10.9. The molecule has 1 amide bonds. The second-order valence-electron chi connectivity index (χ2n) is 3.87. The second-order valence-corrected chi connectivity index (χ2v) is 3.87. The van der Waals surface area contributed by atoms with Crippen LogP contribution in [0.3, 0.4) is 0 Å². The van der Waals surface area contributed by atoms with E-state index in [4.69, 9.17) is 11.5 Å². The molecule has 0 aliphatic heterocycles. The summed E-state index contributed by atoms with van der Waals surface area (Å²) in [4.78, 5) is 12.6. The topological polar surface area (TPSA) is 90.2 Å². The van der Waals surface area contributed by atoms with Crippen molar-refractivity contribution >= 4 is 17.4 Å². The van der Waals surface area contributed by atoms with Crippen LogP contribution >= 0.6 is 0 Å². The molecule has 1 rings (SSSR count). The Morgan fingerprint density at radius 1 is 1.56 bits per heavy atom. The van der Waals surface area contributed by atoms with Crippen molar-refractivity contribution in [3.63, 3.8) is 0 Å². The highest BCUT2D eigenvalue weighted by atomic mass is 16.1. The van der Waals surface area contributed by atoms with Crippen molar-refractivity contribution in [1.29, 1.82) is 0 Å². The lowest BCUT2D eigenvalue weighted by Crippen LogP contribution is -2.32. The van der Waals surface area contributed by atoms with Gasteiger partial charge in [0.1, 0.15) is 0 Å². The molecule has 0 saturated heterocycles. The second kappa shape index (κ2) is 4.87. The average molecular weight is 225 g/mol. The first-order chi connectivity index (χ1) is 7.47. The van der Waals surface area contributed by atoms with Gasteiger partial charge in [0.2, 0.25) is 5.91 Å². The van der Waals surface area contributed by atoms with Gasteiger partial charge in [-0.2, -0.15) is 5.10 Å². The minimum atomic E-state index is -0.385. The van der Waals surface area contributed by atoms with Crippen molar-refractivity contribution < 1.29 is 4.79 Å². The van der Waals surface area contributed by atoms with E-state index in [-0.39, 0.29) is 12.5 Å². The van der Waals surface area contributed by atoms with Crippen LogP contribution in [0.4, 0.5) is 11.5 Å². The molecule has 6 heteroatoms. The number of nitrogens with zero attached hydrogens (tertiary/aromatic N) is 3. The Morgan fingerprint density at radius 3 is 2.69 bits per heavy atom. The number of rotatable bonds is 5. The van der Waals surface area contributed by atoms with Crippen LogP contribution in [0.5, 0.6) is 0 Å². The molecule has 0 atom stereocenters. The summed E-state index contributed by atoms with van der Waals surface area (Å²) in [6.45, 7) is 4.82. The summed E-state index contributed by atoms with van der Waals surface area (Å²) in [5, 5.41) is 4.33. The summed E-state index contributed by atoms with van der Waals surface area (Å²) < 4.78 is 1.81. The number of likely N-dealkylation sites (N-methyl/N-ethyl adjacent to an activating group) is 1. The third-order valence-corrected chi connectivity index (χ3v) is 2.34. The molecule has 0 aliphatic carbocycles. The molecule has 0 unspecified atom stereocenters. The molecular weight excluding hydrogens is 206 g/mol. The molecule has 0 aliphatic rings. The lowest BCUT2D eigenvalue weighted by Gasteiger charge is -2.19. The molecule has 1 heterocycles. The van der Waals surface area contributed by atoms with Crippen molar-refractivity contribution in [2.75, 3.05) is 24.2 Å². The van der Waals surface area contributed by atoms with Crippen LogP contribution in [0.2, 0.25) is 0 Å². The van der Waals surface area contributed by atoms with Crippen LogP contribution in [0.15, 0.2) is 0 Å². The molecule has 0 radical (unpaired) electrons. The van der Waals surface area contributed by atoms with Crippen molar-refractivity contribution in [3.8, 4) is 0 Å². The largest absolute Gasteiger partial charge is 0.394 e. The Balaban J connectivity index is 3.04. The standard InChI is InChI=1S/C10H19N5O/c1-4-5-15-10(9(12)7(2)13-15)14(3)6-8(11)16/h4-6,12H2,1-3H3,(H2,11,16). The Hall–Kier alpha value is -1.72. The van der Waals surface area contributed by atoms with Crippen LogP contribution in [-0.4, -0.2) is 29.3 Å². The number of hydrogen-bond donors (Lipinski definition) is 2. The SMILES string of the molecule is CCCn1nc(C)c(N)c1N(C)CC(N)=O. The molecule has 4 N–H and O–H groups in total. The van der Waals surface area contributed by atoms with Gasteiger partial charge in [-0.1, -0.05) is 6.92 Å². The average Bonchev–Trinajstić information content (AvgIpc) is 2.42. The van der Waals surface area contributed by atoms with Crippen LogP contribution in [0.1, 0.15) is 19.0 Å². The summed E-state index contributed by atoms with van der Waals surface area (Å²) in [6, 6.07) is 0. The number of anilines is 2. The third kappa shape index (κ3) is 2.44. The zero-order valence-corrected chi connectivity index (χ0v) is 10.0. The third-order valence-electron chi connectivity index (χ3n) is 2.34. The summed E-state index contributed by atoms with van der Waals surface area (Å²) >= 11 is 0. The Labute approximate surface area is 95.2 Å². The molecular formula is C10H19N5O. The quantitative estimate of drug-likeness (QED) is 0.744. The van der Waals surface area contributed by atoms with Crippen LogP contribution in [0, 0.1) is 6.92 Å².